The number of esters is 1. The average Bonchev–Trinajstić information content (AvgIpc) is 2.45. The van der Waals surface area contributed by atoms with Crippen LogP contribution < -0.4 is 16.4 Å². The van der Waals surface area contributed by atoms with Crippen LogP contribution in [0.1, 0.15) is 15.9 Å². The average molecular weight is 296 g/mol. The largest absolute Gasteiger partial charge is 0.465 e. The van der Waals surface area contributed by atoms with Crippen LogP contribution in [0.3, 0.4) is 0 Å². The maximum Gasteiger partial charge on any atom is 0.338 e. The van der Waals surface area contributed by atoms with Gasteiger partial charge in [-0.15, -0.1) is 12.6 Å². The Morgan fingerprint density at radius 3 is 2.75 bits per heavy atom. The van der Waals surface area contributed by atoms with Gasteiger partial charge in [-0.1, -0.05) is 12.1 Å². The summed E-state index contributed by atoms with van der Waals surface area (Å²) in [5.74, 6) is -0.472. The molecule has 2 amide bonds. The summed E-state index contributed by atoms with van der Waals surface area (Å²) in [7, 11) is 2.75. The Hall–Kier alpha value is -2.22. The first-order valence-electron chi connectivity index (χ1n) is 5.65. The SMILES string of the molecule is CN=C(N)NC(=O)NCc1cccc(C(=O)OC)c1S. The van der Waals surface area contributed by atoms with Crippen molar-refractivity contribution >= 4 is 30.6 Å². The van der Waals surface area contributed by atoms with Gasteiger partial charge < -0.3 is 15.8 Å². The lowest BCUT2D eigenvalue weighted by Gasteiger charge is -2.10. The van der Waals surface area contributed by atoms with E-state index in [1.54, 1.807) is 18.2 Å². The number of nitrogens with one attached hydrogen (secondary N) is 2. The van der Waals surface area contributed by atoms with E-state index in [0.717, 1.165) is 0 Å². The third-order valence-corrected chi connectivity index (χ3v) is 2.97. The molecule has 0 aliphatic rings. The van der Waals surface area contributed by atoms with Gasteiger partial charge in [0.15, 0.2) is 5.96 Å². The summed E-state index contributed by atoms with van der Waals surface area (Å²) in [5.41, 5.74) is 6.37. The van der Waals surface area contributed by atoms with E-state index in [1.165, 1.54) is 14.2 Å². The summed E-state index contributed by atoms with van der Waals surface area (Å²) < 4.78 is 4.65. The highest BCUT2D eigenvalue weighted by Gasteiger charge is 2.13. The quantitative estimate of drug-likeness (QED) is 0.282. The second kappa shape index (κ2) is 7.39. The van der Waals surface area contributed by atoms with Crippen LogP contribution in [0, 0.1) is 0 Å². The fourth-order valence-electron chi connectivity index (χ4n) is 1.40. The molecule has 20 heavy (non-hydrogen) atoms. The highest BCUT2D eigenvalue weighted by molar-refractivity contribution is 7.80. The number of nitrogens with zero attached hydrogens (tertiary/aromatic N) is 1. The van der Waals surface area contributed by atoms with Crippen molar-refractivity contribution in [3.05, 3.63) is 29.3 Å². The van der Waals surface area contributed by atoms with E-state index in [0.29, 0.717) is 16.0 Å². The van der Waals surface area contributed by atoms with Gasteiger partial charge in [-0.2, -0.15) is 0 Å². The Kier molecular flexibility index (Phi) is 5.85. The third kappa shape index (κ3) is 4.16. The number of benzene rings is 1. The number of guanidine groups is 1. The molecule has 1 rings (SSSR count). The summed E-state index contributed by atoms with van der Waals surface area (Å²) >= 11 is 4.27. The first kappa shape index (κ1) is 15.8. The molecule has 8 heteroatoms. The second-order valence-electron chi connectivity index (χ2n) is 3.72. The van der Waals surface area contributed by atoms with Crippen LogP contribution >= 0.6 is 12.6 Å². The summed E-state index contributed by atoms with van der Waals surface area (Å²) in [6.07, 6.45) is 0. The number of ether oxygens (including phenoxy) is 1. The number of hydrogen-bond donors (Lipinski definition) is 4. The molecule has 0 fully saturated rings. The van der Waals surface area contributed by atoms with Crippen molar-refractivity contribution in [2.24, 2.45) is 10.7 Å². The Bertz CT molecular complexity index is 546. The van der Waals surface area contributed by atoms with Crippen LogP contribution in [0.5, 0.6) is 0 Å². The second-order valence-corrected chi connectivity index (χ2v) is 4.17. The predicted octanol–water partition coefficient (Wildman–Crippen LogP) is 0.506. The first-order valence-corrected chi connectivity index (χ1v) is 6.10. The van der Waals surface area contributed by atoms with E-state index in [-0.39, 0.29) is 12.5 Å². The highest BCUT2D eigenvalue weighted by atomic mass is 32.1. The molecule has 0 aromatic heterocycles. The van der Waals surface area contributed by atoms with Crippen molar-refractivity contribution in [3.8, 4) is 0 Å². The zero-order valence-electron chi connectivity index (χ0n) is 11.1. The van der Waals surface area contributed by atoms with Crippen LogP contribution in [-0.4, -0.2) is 32.1 Å². The van der Waals surface area contributed by atoms with Crippen molar-refractivity contribution in [1.82, 2.24) is 10.6 Å². The minimum absolute atomic E-state index is 0.0110. The minimum Gasteiger partial charge on any atom is -0.465 e. The molecule has 7 nitrogen and oxygen atoms in total. The standard InChI is InChI=1S/C12H16N4O3S/c1-14-11(13)16-12(18)15-6-7-4-3-5-8(9(7)20)10(17)19-2/h3-5,20H,6H2,1-2H3,(H4,13,14,15,16,18). The molecule has 0 spiro atoms. The number of hydrogen-bond acceptors (Lipinski definition) is 5. The fourth-order valence-corrected chi connectivity index (χ4v) is 1.72. The van der Waals surface area contributed by atoms with Crippen molar-refractivity contribution in [1.29, 1.82) is 0 Å². The molecule has 4 N–H and O–H groups in total. The van der Waals surface area contributed by atoms with E-state index in [2.05, 4.69) is 33.0 Å². The molecule has 1 aromatic rings. The number of nitrogens with two attached hydrogens (primary N) is 1. The molecule has 0 saturated heterocycles. The molecule has 1 aromatic carbocycles. The van der Waals surface area contributed by atoms with Gasteiger partial charge in [0, 0.05) is 18.5 Å². The van der Waals surface area contributed by atoms with E-state index >= 15 is 0 Å². The number of aliphatic imine (C=N–C) groups is 1. The van der Waals surface area contributed by atoms with Crippen molar-refractivity contribution in [2.45, 2.75) is 11.4 Å². The number of methoxy groups -OCH3 is 1. The van der Waals surface area contributed by atoms with Crippen LogP contribution in [0.2, 0.25) is 0 Å². The van der Waals surface area contributed by atoms with Gasteiger partial charge in [0.2, 0.25) is 0 Å². The molecule has 0 radical (unpaired) electrons. The van der Waals surface area contributed by atoms with Gasteiger partial charge in [0.1, 0.15) is 0 Å². The van der Waals surface area contributed by atoms with E-state index in [9.17, 15) is 9.59 Å². The summed E-state index contributed by atoms with van der Waals surface area (Å²) in [4.78, 5) is 27.0. The van der Waals surface area contributed by atoms with Crippen LogP contribution in [0.25, 0.3) is 0 Å². The maximum atomic E-state index is 11.5. The number of rotatable bonds is 3. The van der Waals surface area contributed by atoms with Gasteiger partial charge in [-0.25, -0.2) is 9.59 Å². The Labute approximate surface area is 122 Å². The maximum absolute atomic E-state index is 11.5. The number of amides is 2. The summed E-state index contributed by atoms with van der Waals surface area (Å²) in [5, 5.41) is 4.91. The zero-order chi connectivity index (χ0) is 15.1. The number of carbonyl (C=O) groups is 2. The Balaban J connectivity index is 2.74. The van der Waals surface area contributed by atoms with Gasteiger partial charge in [-0.3, -0.25) is 10.3 Å². The molecule has 0 atom stereocenters. The van der Waals surface area contributed by atoms with Gasteiger partial charge in [0.05, 0.1) is 12.7 Å². The topological polar surface area (TPSA) is 106 Å². The van der Waals surface area contributed by atoms with Gasteiger partial charge >= 0.3 is 12.0 Å². The van der Waals surface area contributed by atoms with Crippen molar-refractivity contribution in [3.63, 3.8) is 0 Å². The van der Waals surface area contributed by atoms with Gasteiger partial charge in [0.25, 0.3) is 0 Å². The summed E-state index contributed by atoms with van der Waals surface area (Å²) in [6, 6.07) is 4.53. The Morgan fingerprint density at radius 2 is 2.15 bits per heavy atom. The van der Waals surface area contributed by atoms with Crippen LogP contribution in [0.15, 0.2) is 28.1 Å². The lowest BCUT2D eigenvalue weighted by molar-refractivity contribution is 0.0596. The number of urea groups is 1. The Morgan fingerprint density at radius 1 is 1.45 bits per heavy atom. The van der Waals surface area contributed by atoms with Crippen LogP contribution in [0.4, 0.5) is 4.79 Å². The van der Waals surface area contributed by atoms with E-state index in [4.69, 9.17) is 5.73 Å². The molecule has 0 saturated carbocycles. The first-order chi connectivity index (χ1) is 9.49. The third-order valence-electron chi connectivity index (χ3n) is 2.45. The molecule has 0 heterocycles. The van der Waals surface area contributed by atoms with Crippen LogP contribution in [-0.2, 0) is 11.3 Å². The molecular weight excluding hydrogens is 280 g/mol. The lowest BCUT2D eigenvalue weighted by atomic mass is 10.1. The molecule has 0 aliphatic carbocycles. The molecule has 108 valence electrons. The molecular formula is C12H16N4O3S. The predicted molar refractivity (Wildman–Crippen MR) is 78.0 cm³/mol. The molecule has 0 bridgehead atoms. The molecule has 0 aliphatic heterocycles. The number of thiol groups is 1. The highest BCUT2D eigenvalue weighted by Crippen LogP contribution is 2.19. The van der Waals surface area contributed by atoms with Gasteiger partial charge in [-0.05, 0) is 11.6 Å². The summed E-state index contributed by atoms with van der Waals surface area (Å²) in [6.45, 7) is 0.187. The normalized spacial score (nSPS) is 10.8. The van der Waals surface area contributed by atoms with Crippen molar-refractivity contribution in [2.75, 3.05) is 14.2 Å². The fraction of sp³-hybridized carbons (Fsp3) is 0.250. The van der Waals surface area contributed by atoms with E-state index in [1.807, 2.05) is 0 Å². The van der Waals surface area contributed by atoms with E-state index < -0.39 is 12.0 Å². The smallest absolute Gasteiger partial charge is 0.338 e. The number of carbonyl (C=O) groups excluding carboxylic acids is 2. The minimum atomic E-state index is -0.496. The molecule has 0 unspecified atom stereocenters. The monoisotopic (exact) mass is 296 g/mol. The zero-order valence-corrected chi connectivity index (χ0v) is 12.0. The van der Waals surface area contributed by atoms with Crippen molar-refractivity contribution < 1.29 is 14.3 Å². The lowest BCUT2D eigenvalue weighted by Crippen LogP contribution is -2.43.